The highest BCUT2D eigenvalue weighted by Gasteiger charge is 2.37. The van der Waals surface area contributed by atoms with Crippen LogP contribution in [0.3, 0.4) is 0 Å². The van der Waals surface area contributed by atoms with Gasteiger partial charge in [-0.05, 0) is 24.2 Å². The van der Waals surface area contributed by atoms with Crippen LogP contribution in [-0.2, 0) is 11.0 Å². The van der Waals surface area contributed by atoms with E-state index in [0.717, 1.165) is 0 Å². The van der Waals surface area contributed by atoms with Crippen LogP contribution in [-0.4, -0.2) is 16.4 Å². The Morgan fingerprint density at radius 2 is 1.67 bits per heavy atom. The van der Waals surface area contributed by atoms with E-state index in [-0.39, 0.29) is 5.04 Å². The molecule has 1 aromatic rings. The predicted octanol–water partition coefficient (Wildman–Crippen LogP) is 4.35. The highest BCUT2D eigenvalue weighted by Crippen LogP contribution is 2.37. The Kier molecular flexibility index (Phi) is 4.35. The Bertz CT molecular complexity index is 395. The fraction of sp³-hybridized carbons (Fsp3) is 0.714. The van der Waals surface area contributed by atoms with Gasteiger partial charge < -0.3 is 8.84 Å². The lowest BCUT2D eigenvalue weighted by Gasteiger charge is -2.36. The Morgan fingerprint density at radius 1 is 1.11 bits per heavy atom. The minimum atomic E-state index is -1.67. The molecule has 0 fully saturated rings. The molecule has 1 aromatic heterocycles. The molecule has 0 radical (unpaired) electrons. The molecule has 1 heterocycles. The molecule has 0 spiro atoms. The zero-order valence-corrected chi connectivity index (χ0v) is 15.2. The molecule has 0 unspecified atom stereocenters. The third kappa shape index (κ3) is 3.59. The molecule has 104 valence electrons. The zero-order chi connectivity index (χ0) is 14.2. The van der Waals surface area contributed by atoms with Crippen LogP contribution in [0.2, 0.25) is 37.8 Å². The second kappa shape index (κ2) is 4.98. The smallest absolute Gasteiger partial charge is 0.192 e. The van der Waals surface area contributed by atoms with Crippen LogP contribution in [0.25, 0.3) is 0 Å². The average Bonchev–Trinajstić information content (AvgIpc) is 2.59. The molecule has 4 heteroatoms. The standard InChI is InChI=1S/C14H28O2Si2/c1-14(2,3)18(7,8)16-11-12-9-10-15-13(12)17(4,5)6/h9-10H,11H2,1-8H3. The van der Waals surface area contributed by atoms with Gasteiger partial charge in [0.15, 0.2) is 8.32 Å². The summed E-state index contributed by atoms with van der Waals surface area (Å²) < 4.78 is 12.0. The second-order valence-electron chi connectivity index (χ2n) is 7.57. The quantitative estimate of drug-likeness (QED) is 0.767. The first-order valence-electron chi connectivity index (χ1n) is 6.66. The fourth-order valence-corrected chi connectivity index (χ4v) is 4.07. The molecule has 2 nitrogen and oxygen atoms in total. The molecule has 0 aliphatic carbocycles. The maximum absolute atomic E-state index is 6.28. The van der Waals surface area contributed by atoms with Crippen molar-refractivity contribution in [2.45, 2.75) is 65.2 Å². The number of hydrogen-bond acceptors (Lipinski definition) is 2. The molecule has 0 aliphatic rings. The molecule has 0 N–H and O–H groups in total. The van der Waals surface area contributed by atoms with Crippen LogP contribution in [0.5, 0.6) is 0 Å². The van der Waals surface area contributed by atoms with Crippen LogP contribution in [0.4, 0.5) is 0 Å². The summed E-state index contributed by atoms with van der Waals surface area (Å²) in [5.74, 6) is 0. The minimum Gasteiger partial charge on any atom is -0.474 e. The second-order valence-corrected chi connectivity index (χ2v) is 17.3. The van der Waals surface area contributed by atoms with E-state index in [0.29, 0.717) is 6.61 Å². The van der Waals surface area contributed by atoms with Crippen molar-refractivity contribution >= 4 is 21.8 Å². The van der Waals surface area contributed by atoms with Gasteiger partial charge in [0.25, 0.3) is 0 Å². The van der Waals surface area contributed by atoms with Gasteiger partial charge in [0.1, 0.15) is 8.07 Å². The highest BCUT2D eigenvalue weighted by molar-refractivity contribution is 6.88. The maximum Gasteiger partial charge on any atom is 0.192 e. The van der Waals surface area contributed by atoms with E-state index in [1.54, 1.807) is 6.26 Å². The molecule has 0 aromatic carbocycles. The van der Waals surface area contributed by atoms with Gasteiger partial charge in [-0.15, -0.1) is 0 Å². The summed E-state index contributed by atoms with van der Waals surface area (Å²) in [6.45, 7) is 19.0. The van der Waals surface area contributed by atoms with Gasteiger partial charge in [-0.25, -0.2) is 0 Å². The molecule has 0 saturated carbocycles. The van der Waals surface area contributed by atoms with Crippen LogP contribution in [0.1, 0.15) is 26.3 Å². The van der Waals surface area contributed by atoms with Crippen molar-refractivity contribution in [2.75, 3.05) is 0 Å². The van der Waals surface area contributed by atoms with Gasteiger partial charge in [0.05, 0.1) is 18.3 Å². The van der Waals surface area contributed by atoms with Gasteiger partial charge >= 0.3 is 0 Å². The molecule has 0 amide bonds. The predicted molar refractivity (Wildman–Crippen MR) is 83.7 cm³/mol. The van der Waals surface area contributed by atoms with E-state index in [4.69, 9.17) is 8.84 Å². The Hall–Kier alpha value is -0.326. The third-order valence-electron chi connectivity index (χ3n) is 3.82. The van der Waals surface area contributed by atoms with E-state index in [2.05, 4.69) is 59.6 Å². The van der Waals surface area contributed by atoms with Crippen molar-refractivity contribution in [1.82, 2.24) is 0 Å². The van der Waals surface area contributed by atoms with E-state index in [1.165, 1.54) is 10.9 Å². The SMILES string of the molecule is CC(C)(C)[Si](C)(C)OCc1ccoc1[Si](C)(C)C. The molecular formula is C14H28O2Si2. The van der Waals surface area contributed by atoms with Crippen LogP contribution >= 0.6 is 0 Å². The van der Waals surface area contributed by atoms with Gasteiger partial charge in [-0.1, -0.05) is 40.4 Å². The fourth-order valence-electron chi connectivity index (χ4n) is 1.58. The first kappa shape index (κ1) is 15.7. The summed E-state index contributed by atoms with van der Waals surface area (Å²) in [7, 11) is -3.07. The molecule has 0 bridgehead atoms. The van der Waals surface area contributed by atoms with E-state index >= 15 is 0 Å². The normalized spacial score (nSPS) is 14.0. The first-order valence-corrected chi connectivity index (χ1v) is 13.1. The third-order valence-corrected chi connectivity index (χ3v) is 10.1. The summed E-state index contributed by atoms with van der Waals surface area (Å²) in [5.41, 5.74) is 1.25. The van der Waals surface area contributed by atoms with Gasteiger partial charge in [0.2, 0.25) is 0 Å². The topological polar surface area (TPSA) is 22.4 Å². The van der Waals surface area contributed by atoms with E-state index in [9.17, 15) is 0 Å². The Labute approximate surface area is 114 Å². The molecule has 18 heavy (non-hydrogen) atoms. The maximum atomic E-state index is 6.28. The average molecular weight is 285 g/mol. The molecule has 0 aliphatic heterocycles. The van der Waals surface area contributed by atoms with Gasteiger partial charge in [-0.3, -0.25) is 0 Å². The van der Waals surface area contributed by atoms with Crippen molar-refractivity contribution in [2.24, 2.45) is 0 Å². The highest BCUT2D eigenvalue weighted by atomic mass is 28.4. The van der Waals surface area contributed by atoms with E-state index in [1.807, 2.05) is 0 Å². The van der Waals surface area contributed by atoms with Gasteiger partial charge in [-0.2, -0.15) is 0 Å². The summed E-state index contributed by atoms with van der Waals surface area (Å²) in [6.07, 6.45) is 1.80. The largest absolute Gasteiger partial charge is 0.474 e. The lowest BCUT2D eigenvalue weighted by Crippen LogP contribution is -2.42. The zero-order valence-electron chi connectivity index (χ0n) is 13.2. The summed E-state index contributed by atoms with van der Waals surface area (Å²) in [6, 6.07) is 2.07. The first-order chi connectivity index (χ1) is 7.95. The molecular weight excluding hydrogens is 256 g/mol. The molecule has 0 saturated heterocycles. The Balaban J connectivity index is 2.80. The van der Waals surface area contributed by atoms with Crippen LogP contribution < -0.4 is 5.38 Å². The summed E-state index contributed by atoms with van der Waals surface area (Å²) in [4.78, 5) is 0. The Morgan fingerprint density at radius 3 is 2.11 bits per heavy atom. The van der Waals surface area contributed by atoms with Crippen molar-refractivity contribution < 1.29 is 8.84 Å². The van der Waals surface area contributed by atoms with Gasteiger partial charge in [0, 0.05) is 5.56 Å². The molecule has 1 rings (SSSR count). The molecule has 0 atom stereocenters. The summed E-state index contributed by atoms with van der Waals surface area (Å²) in [5, 5.41) is 1.44. The monoisotopic (exact) mass is 284 g/mol. The van der Waals surface area contributed by atoms with E-state index < -0.39 is 16.4 Å². The van der Waals surface area contributed by atoms with Crippen LogP contribution in [0, 0.1) is 0 Å². The minimum absolute atomic E-state index is 0.260. The lowest BCUT2D eigenvalue weighted by atomic mass is 10.2. The van der Waals surface area contributed by atoms with Crippen LogP contribution in [0.15, 0.2) is 16.7 Å². The summed E-state index contributed by atoms with van der Waals surface area (Å²) >= 11 is 0. The number of furan rings is 1. The lowest BCUT2D eigenvalue weighted by molar-refractivity contribution is 0.276. The van der Waals surface area contributed by atoms with Crippen molar-refractivity contribution in [3.05, 3.63) is 17.9 Å². The number of rotatable bonds is 4. The van der Waals surface area contributed by atoms with Crippen molar-refractivity contribution in [3.8, 4) is 0 Å². The van der Waals surface area contributed by atoms with Crippen molar-refractivity contribution in [3.63, 3.8) is 0 Å². The number of hydrogen-bond donors (Lipinski definition) is 0. The van der Waals surface area contributed by atoms with Crippen molar-refractivity contribution in [1.29, 1.82) is 0 Å².